The first kappa shape index (κ1) is 15.1. The van der Waals surface area contributed by atoms with Crippen molar-refractivity contribution in [3.8, 4) is 0 Å². The topological polar surface area (TPSA) is 12.0 Å². The lowest BCUT2D eigenvalue weighted by Crippen LogP contribution is -2.26. The molecule has 3 heteroatoms. The van der Waals surface area contributed by atoms with E-state index in [1.165, 1.54) is 18.2 Å². The van der Waals surface area contributed by atoms with Gasteiger partial charge in [-0.2, -0.15) is 0 Å². The Kier molecular flexibility index (Phi) is 6.27. The molecule has 18 heavy (non-hydrogen) atoms. The average molecular weight is 255 g/mol. The molecule has 0 heterocycles. The summed E-state index contributed by atoms with van der Waals surface area (Å²) in [6.45, 7) is 4.24. The van der Waals surface area contributed by atoms with Gasteiger partial charge in [-0.25, -0.2) is 8.78 Å². The van der Waals surface area contributed by atoms with E-state index < -0.39 is 0 Å². The molecular weight excluding hydrogens is 232 g/mol. The summed E-state index contributed by atoms with van der Waals surface area (Å²) in [6.07, 6.45) is 4.24. The zero-order chi connectivity index (χ0) is 13.5. The molecule has 0 saturated carbocycles. The van der Waals surface area contributed by atoms with E-state index in [1.54, 1.807) is 0 Å². The van der Waals surface area contributed by atoms with Gasteiger partial charge < -0.3 is 5.32 Å². The van der Waals surface area contributed by atoms with Crippen LogP contribution in [-0.2, 0) is 0 Å². The molecular formula is C15H23F2N. The highest BCUT2D eigenvalue weighted by atomic mass is 19.1. The maximum atomic E-state index is 13.8. The molecule has 1 N–H and O–H groups in total. The fourth-order valence-electron chi connectivity index (χ4n) is 2.47. The lowest BCUT2D eigenvalue weighted by Gasteiger charge is -2.26. The van der Waals surface area contributed by atoms with Gasteiger partial charge in [0, 0.05) is 11.6 Å². The standard InChI is InChI=1S/C15H23F2N/c1-4-6-7-11(5-2)15(18-3)13-10-12(16)8-9-14(13)17/h8-11,15,18H,4-7H2,1-3H3. The van der Waals surface area contributed by atoms with Crippen LogP contribution >= 0.6 is 0 Å². The van der Waals surface area contributed by atoms with Crippen LogP contribution < -0.4 is 5.32 Å². The van der Waals surface area contributed by atoms with Gasteiger partial charge in [-0.15, -0.1) is 0 Å². The van der Waals surface area contributed by atoms with Gasteiger partial charge in [0.25, 0.3) is 0 Å². The van der Waals surface area contributed by atoms with Crippen molar-refractivity contribution >= 4 is 0 Å². The maximum absolute atomic E-state index is 13.8. The van der Waals surface area contributed by atoms with Crippen molar-refractivity contribution < 1.29 is 8.78 Å². The summed E-state index contributed by atoms with van der Waals surface area (Å²) in [5, 5.41) is 3.14. The van der Waals surface area contributed by atoms with Crippen molar-refractivity contribution in [1.82, 2.24) is 5.32 Å². The highest BCUT2D eigenvalue weighted by Gasteiger charge is 2.23. The Morgan fingerprint density at radius 1 is 1.22 bits per heavy atom. The van der Waals surface area contributed by atoms with Gasteiger partial charge in [0.2, 0.25) is 0 Å². The number of rotatable bonds is 7. The molecule has 0 aromatic heterocycles. The van der Waals surface area contributed by atoms with E-state index in [1.807, 2.05) is 7.05 Å². The second kappa shape index (κ2) is 7.47. The van der Waals surface area contributed by atoms with Crippen LogP contribution in [0.25, 0.3) is 0 Å². The first-order chi connectivity index (χ1) is 8.63. The van der Waals surface area contributed by atoms with Gasteiger partial charge in [-0.3, -0.25) is 0 Å². The van der Waals surface area contributed by atoms with Gasteiger partial charge in [-0.1, -0.05) is 33.1 Å². The van der Waals surface area contributed by atoms with E-state index in [2.05, 4.69) is 19.2 Å². The van der Waals surface area contributed by atoms with Crippen LogP contribution in [0.1, 0.15) is 51.1 Å². The summed E-state index contributed by atoms with van der Waals surface area (Å²) in [7, 11) is 1.81. The largest absolute Gasteiger partial charge is 0.313 e. The Balaban J connectivity index is 2.95. The average Bonchev–Trinajstić information content (AvgIpc) is 2.38. The Morgan fingerprint density at radius 2 is 1.94 bits per heavy atom. The predicted molar refractivity (Wildman–Crippen MR) is 71.5 cm³/mol. The third-order valence-corrected chi connectivity index (χ3v) is 3.53. The monoisotopic (exact) mass is 255 g/mol. The zero-order valence-electron chi connectivity index (χ0n) is 11.5. The van der Waals surface area contributed by atoms with Crippen molar-refractivity contribution in [3.05, 3.63) is 35.4 Å². The summed E-state index contributed by atoms with van der Waals surface area (Å²) in [4.78, 5) is 0. The first-order valence-electron chi connectivity index (χ1n) is 6.76. The number of hydrogen-bond donors (Lipinski definition) is 1. The number of hydrogen-bond acceptors (Lipinski definition) is 1. The SMILES string of the molecule is CCCCC(CC)C(NC)c1cc(F)ccc1F. The van der Waals surface area contributed by atoms with Gasteiger partial charge in [0.15, 0.2) is 0 Å². The number of benzene rings is 1. The molecule has 2 atom stereocenters. The predicted octanol–water partition coefficient (Wildman–Crippen LogP) is 4.44. The van der Waals surface area contributed by atoms with Gasteiger partial charge in [0.1, 0.15) is 11.6 Å². The van der Waals surface area contributed by atoms with Gasteiger partial charge in [-0.05, 0) is 37.6 Å². The third kappa shape index (κ3) is 3.77. The fourth-order valence-corrected chi connectivity index (χ4v) is 2.47. The van der Waals surface area contributed by atoms with Gasteiger partial charge >= 0.3 is 0 Å². The normalized spacial score (nSPS) is 14.5. The van der Waals surface area contributed by atoms with Crippen LogP contribution in [0.2, 0.25) is 0 Å². The Bertz CT molecular complexity index is 366. The molecule has 0 amide bonds. The Hall–Kier alpha value is -0.960. The molecule has 0 fully saturated rings. The van der Waals surface area contributed by atoms with Crippen molar-refractivity contribution in [2.45, 2.75) is 45.6 Å². The molecule has 0 aliphatic heterocycles. The van der Waals surface area contributed by atoms with Crippen LogP contribution in [0, 0.1) is 17.6 Å². The molecule has 0 bridgehead atoms. The second-order valence-electron chi connectivity index (χ2n) is 4.74. The highest BCUT2D eigenvalue weighted by molar-refractivity contribution is 5.23. The minimum Gasteiger partial charge on any atom is -0.313 e. The van der Waals surface area contributed by atoms with Crippen LogP contribution in [0.5, 0.6) is 0 Å². The van der Waals surface area contributed by atoms with E-state index in [-0.39, 0.29) is 17.7 Å². The maximum Gasteiger partial charge on any atom is 0.128 e. The van der Waals surface area contributed by atoms with E-state index in [4.69, 9.17) is 0 Å². The molecule has 0 aliphatic carbocycles. The van der Waals surface area contributed by atoms with E-state index in [0.717, 1.165) is 25.7 Å². The van der Waals surface area contributed by atoms with Crippen molar-refractivity contribution in [3.63, 3.8) is 0 Å². The summed E-state index contributed by atoms with van der Waals surface area (Å²) < 4.78 is 27.1. The minimum atomic E-state index is -0.378. The van der Waals surface area contributed by atoms with E-state index >= 15 is 0 Å². The van der Waals surface area contributed by atoms with Crippen LogP contribution in [0.4, 0.5) is 8.78 Å². The number of halogens is 2. The Labute approximate surface area is 109 Å². The molecule has 2 unspecified atom stereocenters. The zero-order valence-corrected chi connectivity index (χ0v) is 11.5. The molecule has 1 aromatic rings. The molecule has 1 aromatic carbocycles. The van der Waals surface area contributed by atoms with Crippen LogP contribution in [0.15, 0.2) is 18.2 Å². The van der Waals surface area contributed by atoms with E-state index in [9.17, 15) is 8.78 Å². The first-order valence-corrected chi connectivity index (χ1v) is 6.76. The quantitative estimate of drug-likeness (QED) is 0.759. The summed E-state index contributed by atoms with van der Waals surface area (Å²) >= 11 is 0. The van der Waals surface area contributed by atoms with Crippen LogP contribution in [0.3, 0.4) is 0 Å². The molecule has 1 nitrogen and oxygen atoms in total. The molecule has 1 rings (SSSR count). The molecule has 0 aliphatic rings. The Morgan fingerprint density at radius 3 is 2.50 bits per heavy atom. The lowest BCUT2D eigenvalue weighted by molar-refractivity contribution is 0.330. The molecule has 102 valence electrons. The summed E-state index contributed by atoms with van der Waals surface area (Å²) in [5.74, 6) is -0.367. The molecule has 0 saturated heterocycles. The summed E-state index contributed by atoms with van der Waals surface area (Å²) in [6, 6.07) is 3.57. The van der Waals surface area contributed by atoms with Crippen molar-refractivity contribution in [2.24, 2.45) is 5.92 Å². The van der Waals surface area contributed by atoms with Crippen molar-refractivity contribution in [2.75, 3.05) is 7.05 Å². The summed E-state index contributed by atoms with van der Waals surface area (Å²) in [5.41, 5.74) is 0.445. The lowest BCUT2D eigenvalue weighted by atomic mass is 9.86. The van der Waals surface area contributed by atoms with Crippen molar-refractivity contribution in [1.29, 1.82) is 0 Å². The van der Waals surface area contributed by atoms with Gasteiger partial charge in [0.05, 0.1) is 0 Å². The number of unbranched alkanes of at least 4 members (excludes halogenated alkanes) is 1. The van der Waals surface area contributed by atoms with Crippen LogP contribution in [-0.4, -0.2) is 7.05 Å². The second-order valence-corrected chi connectivity index (χ2v) is 4.74. The third-order valence-electron chi connectivity index (χ3n) is 3.53. The number of nitrogens with one attached hydrogen (secondary N) is 1. The minimum absolute atomic E-state index is 0.114. The molecule has 0 radical (unpaired) electrons. The fraction of sp³-hybridized carbons (Fsp3) is 0.600. The highest BCUT2D eigenvalue weighted by Crippen LogP contribution is 2.30. The van der Waals surface area contributed by atoms with E-state index in [0.29, 0.717) is 11.5 Å². The molecule has 0 spiro atoms. The smallest absolute Gasteiger partial charge is 0.128 e.